The average Bonchev–Trinajstić information content (AvgIpc) is 3.15. The van der Waals surface area contributed by atoms with Crippen LogP contribution < -0.4 is 5.56 Å². The highest BCUT2D eigenvalue weighted by atomic mass is 35.5. The van der Waals surface area contributed by atoms with E-state index in [0.717, 1.165) is 11.1 Å². The van der Waals surface area contributed by atoms with Crippen LogP contribution in [0.15, 0.2) is 52.9 Å². The van der Waals surface area contributed by atoms with Gasteiger partial charge in [-0.25, -0.2) is 4.98 Å². The minimum Gasteiger partial charge on any atom is -0.294 e. The van der Waals surface area contributed by atoms with E-state index >= 15 is 0 Å². The first-order valence-corrected chi connectivity index (χ1v) is 11.1. The number of nitrogens with zero attached hydrogens (tertiary/aromatic N) is 2. The molecule has 4 rings (SSSR count). The third-order valence-electron chi connectivity index (χ3n) is 4.92. The van der Waals surface area contributed by atoms with Gasteiger partial charge in [0.25, 0.3) is 5.56 Å². The third kappa shape index (κ3) is 3.82. The summed E-state index contributed by atoms with van der Waals surface area (Å²) in [5.74, 6) is 0.453. The lowest BCUT2D eigenvalue weighted by atomic mass is 9.99. The Morgan fingerprint density at radius 2 is 1.72 bits per heavy atom. The van der Waals surface area contributed by atoms with Gasteiger partial charge >= 0.3 is 0 Å². The number of hydrogen-bond donors (Lipinski definition) is 0. The molecular weight excluding hydrogens is 447 g/mol. The Bertz CT molecular complexity index is 1260. The molecule has 2 aromatic heterocycles. The lowest BCUT2D eigenvalue weighted by Crippen LogP contribution is -2.21. The second kappa shape index (κ2) is 8.11. The average molecular weight is 464 g/mol. The molecule has 4 aromatic rings. The maximum atomic E-state index is 13.3. The number of thiophene rings is 1. The summed E-state index contributed by atoms with van der Waals surface area (Å²) < 4.78 is 1.52. The van der Waals surface area contributed by atoms with Crippen molar-refractivity contribution in [3.05, 3.63) is 84.7 Å². The Morgan fingerprint density at radius 3 is 2.41 bits per heavy atom. The minimum atomic E-state index is -0.133. The zero-order valence-electron chi connectivity index (χ0n) is 15.7. The van der Waals surface area contributed by atoms with E-state index in [4.69, 9.17) is 34.8 Å². The number of benzene rings is 2. The largest absolute Gasteiger partial charge is 0.294 e. The molecule has 0 saturated heterocycles. The van der Waals surface area contributed by atoms with Crippen molar-refractivity contribution in [1.82, 2.24) is 9.55 Å². The lowest BCUT2D eigenvalue weighted by Gasteiger charge is -2.11. The molecule has 29 heavy (non-hydrogen) atoms. The lowest BCUT2D eigenvalue weighted by molar-refractivity contribution is 0.750. The second-order valence-electron chi connectivity index (χ2n) is 7.11. The van der Waals surface area contributed by atoms with Crippen molar-refractivity contribution in [2.45, 2.75) is 26.3 Å². The summed E-state index contributed by atoms with van der Waals surface area (Å²) in [6.45, 7) is 4.51. The second-order valence-corrected chi connectivity index (χ2v) is 9.16. The van der Waals surface area contributed by atoms with E-state index < -0.39 is 0 Å². The Morgan fingerprint density at radius 1 is 1.03 bits per heavy atom. The first kappa shape index (κ1) is 20.4. The van der Waals surface area contributed by atoms with Crippen molar-refractivity contribution in [3.63, 3.8) is 0 Å². The first-order valence-electron chi connectivity index (χ1n) is 9.06. The molecule has 0 N–H and O–H groups in total. The molecule has 0 unspecified atom stereocenters. The van der Waals surface area contributed by atoms with E-state index in [0.29, 0.717) is 36.8 Å². The highest BCUT2D eigenvalue weighted by Gasteiger charge is 2.16. The number of fused-ring (bicyclic) bond motifs is 1. The normalized spacial score (nSPS) is 11.5. The summed E-state index contributed by atoms with van der Waals surface area (Å²) in [5, 5.41) is 3.79. The highest BCUT2D eigenvalue weighted by molar-refractivity contribution is 7.17. The van der Waals surface area contributed by atoms with Crippen LogP contribution in [-0.4, -0.2) is 9.55 Å². The van der Waals surface area contributed by atoms with Gasteiger partial charge in [-0.3, -0.25) is 9.36 Å². The fourth-order valence-electron chi connectivity index (χ4n) is 3.22. The predicted molar refractivity (Wildman–Crippen MR) is 124 cm³/mol. The molecule has 0 fully saturated rings. The Kier molecular flexibility index (Phi) is 5.71. The van der Waals surface area contributed by atoms with E-state index in [1.54, 1.807) is 12.1 Å². The summed E-state index contributed by atoms with van der Waals surface area (Å²) >= 11 is 20.2. The minimum absolute atomic E-state index is 0.133. The van der Waals surface area contributed by atoms with Crippen LogP contribution in [0.4, 0.5) is 0 Å². The molecule has 0 spiro atoms. The number of rotatable bonds is 4. The molecule has 3 nitrogen and oxygen atoms in total. The van der Waals surface area contributed by atoms with Crippen molar-refractivity contribution in [2.75, 3.05) is 0 Å². The monoisotopic (exact) mass is 462 g/mol. The standard InChI is InChI=1S/C22H17Cl3N2OS/c1-12(2)13-3-5-14(6-4-13)16-10-29-21-19(16)22(28)27(11-26-21)9-15-17(23)7-8-18(24)20(15)25/h3-8,10-12H,9H2,1-2H3. The molecule has 0 atom stereocenters. The fourth-order valence-corrected chi connectivity index (χ4v) is 4.80. The van der Waals surface area contributed by atoms with Gasteiger partial charge in [0.15, 0.2) is 0 Å². The van der Waals surface area contributed by atoms with E-state index in [1.165, 1.54) is 27.8 Å². The Labute approximate surface area is 187 Å². The Balaban J connectivity index is 1.81. The summed E-state index contributed by atoms with van der Waals surface area (Å²) in [7, 11) is 0. The van der Waals surface area contributed by atoms with Gasteiger partial charge in [-0.15, -0.1) is 11.3 Å². The van der Waals surface area contributed by atoms with Crippen LogP contribution in [0.25, 0.3) is 21.3 Å². The van der Waals surface area contributed by atoms with Gasteiger partial charge in [0.05, 0.1) is 28.3 Å². The molecule has 0 aliphatic rings. The third-order valence-corrected chi connectivity index (χ3v) is 7.00. The van der Waals surface area contributed by atoms with Crippen molar-refractivity contribution in [1.29, 1.82) is 0 Å². The van der Waals surface area contributed by atoms with Gasteiger partial charge in [-0.2, -0.15) is 0 Å². The SMILES string of the molecule is CC(C)c1ccc(-c2csc3ncn(Cc4c(Cl)ccc(Cl)c4Cl)c(=O)c23)cc1. The molecule has 0 saturated carbocycles. The Hall–Kier alpha value is -1.85. The summed E-state index contributed by atoms with van der Waals surface area (Å²) in [4.78, 5) is 18.5. The first-order chi connectivity index (χ1) is 13.9. The molecular formula is C22H17Cl3N2OS. The maximum absolute atomic E-state index is 13.3. The maximum Gasteiger partial charge on any atom is 0.263 e. The molecule has 0 amide bonds. The quantitative estimate of drug-likeness (QED) is 0.299. The smallest absolute Gasteiger partial charge is 0.263 e. The summed E-state index contributed by atoms with van der Waals surface area (Å²) in [6.07, 6.45) is 1.53. The molecule has 7 heteroatoms. The zero-order chi connectivity index (χ0) is 20.7. The molecule has 0 aliphatic heterocycles. The number of hydrogen-bond acceptors (Lipinski definition) is 3. The zero-order valence-corrected chi connectivity index (χ0v) is 18.8. The van der Waals surface area contributed by atoms with E-state index in [1.807, 2.05) is 5.38 Å². The fraction of sp³-hybridized carbons (Fsp3) is 0.182. The van der Waals surface area contributed by atoms with Gasteiger partial charge in [0.1, 0.15) is 4.83 Å². The van der Waals surface area contributed by atoms with Crippen LogP contribution in [0.5, 0.6) is 0 Å². The molecule has 2 heterocycles. The molecule has 0 bridgehead atoms. The van der Waals surface area contributed by atoms with Crippen LogP contribution in [0.1, 0.15) is 30.9 Å². The van der Waals surface area contributed by atoms with Crippen molar-refractivity contribution in [3.8, 4) is 11.1 Å². The van der Waals surface area contributed by atoms with E-state index in [9.17, 15) is 4.79 Å². The molecule has 0 radical (unpaired) electrons. The van der Waals surface area contributed by atoms with Crippen molar-refractivity contribution in [2.24, 2.45) is 0 Å². The number of halogens is 3. The van der Waals surface area contributed by atoms with Crippen LogP contribution in [-0.2, 0) is 6.54 Å². The topological polar surface area (TPSA) is 34.9 Å². The van der Waals surface area contributed by atoms with Gasteiger partial charge in [0.2, 0.25) is 0 Å². The van der Waals surface area contributed by atoms with Gasteiger partial charge in [-0.1, -0.05) is 72.9 Å². The summed E-state index contributed by atoms with van der Waals surface area (Å²) in [5.41, 5.74) is 3.61. The molecule has 148 valence electrons. The molecule has 2 aromatic carbocycles. The van der Waals surface area contributed by atoms with Crippen LogP contribution >= 0.6 is 46.1 Å². The van der Waals surface area contributed by atoms with Crippen molar-refractivity contribution < 1.29 is 0 Å². The number of aromatic nitrogens is 2. The van der Waals surface area contributed by atoms with Crippen molar-refractivity contribution >= 4 is 56.4 Å². The highest BCUT2D eigenvalue weighted by Crippen LogP contribution is 2.33. The van der Waals surface area contributed by atoms with Crippen LogP contribution in [0.2, 0.25) is 15.1 Å². The van der Waals surface area contributed by atoms with Gasteiger partial charge in [-0.05, 0) is 29.2 Å². The predicted octanol–water partition coefficient (Wildman–Crippen LogP) is 7.26. The van der Waals surface area contributed by atoms with Crippen LogP contribution in [0, 0.1) is 0 Å². The van der Waals surface area contributed by atoms with E-state index in [-0.39, 0.29) is 12.1 Å². The van der Waals surface area contributed by atoms with Gasteiger partial charge in [0, 0.05) is 21.5 Å². The molecule has 0 aliphatic carbocycles. The summed E-state index contributed by atoms with van der Waals surface area (Å²) in [6, 6.07) is 11.6. The van der Waals surface area contributed by atoms with E-state index in [2.05, 4.69) is 43.1 Å². The van der Waals surface area contributed by atoms with Crippen LogP contribution in [0.3, 0.4) is 0 Å². The van der Waals surface area contributed by atoms with Gasteiger partial charge < -0.3 is 0 Å².